The van der Waals surface area contributed by atoms with Crippen molar-refractivity contribution in [3.63, 3.8) is 0 Å². The standard InChI is InChI=1S/C7H14ClNO/c8-2-3-9-5-7-1-4-10-6-7/h7,9H,1-6H2. The lowest BCUT2D eigenvalue weighted by molar-refractivity contribution is 0.185. The number of hydrogen-bond donors (Lipinski definition) is 1. The number of halogens is 1. The summed E-state index contributed by atoms with van der Waals surface area (Å²) in [7, 11) is 0. The van der Waals surface area contributed by atoms with Crippen LogP contribution in [0.1, 0.15) is 6.42 Å². The van der Waals surface area contributed by atoms with E-state index >= 15 is 0 Å². The van der Waals surface area contributed by atoms with Crippen molar-refractivity contribution in [2.24, 2.45) is 5.92 Å². The van der Waals surface area contributed by atoms with Gasteiger partial charge < -0.3 is 10.1 Å². The van der Waals surface area contributed by atoms with Gasteiger partial charge >= 0.3 is 0 Å². The van der Waals surface area contributed by atoms with Crippen molar-refractivity contribution in [3.8, 4) is 0 Å². The van der Waals surface area contributed by atoms with Crippen LogP contribution in [-0.4, -0.2) is 32.2 Å². The van der Waals surface area contributed by atoms with Crippen molar-refractivity contribution in [1.29, 1.82) is 0 Å². The highest BCUT2D eigenvalue weighted by Crippen LogP contribution is 2.10. The summed E-state index contributed by atoms with van der Waals surface area (Å²) in [5, 5.41) is 3.27. The van der Waals surface area contributed by atoms with E-state index in [0.29, 0.717) is 5.88 Å². The first-order valence-corrected chi connectivity index (χ1v) is 4.31. The van der Waals surface area contributed by atoms with Crippen LogP contribution in [0.25, 0.3) is 0 Å². The zero-order chi connectivity index (χ0) is 7.23. The molecule has 3 heteroatoms. The van der Waals surface area contributed by atoms with Crippen molar-refractivity contribution in [2.75, 3.05) is 32.2 Å². The Morgan fingerprint density at radius 1 is 1.60 bits per heavy atom. The van der Waals surface area contributed by atoms with Gasteiger partial charge in [-0.1, -0.05) is 0 Å². The molecule has 0 aromatic rings. The van der Waals surface area contributed by atoms with Gasteiger partial charge in [-0.05, 0) is 12.3 Å². The van der Waals surface area contributed by atoms with E-state index in [1.54, 1.807) is 0 Å². The first kappa shape index (κ1) is 8.31. The summed E-state index contributed by atoms with van der Waals surface area (Å²) in [4.78, 5) is 0. The highest BCUT2D eigenvalue weighted by atomic mass is 35.5. The summed E-state index contributed by atoms with van der Waals surface area (Å²) in [5.74, 6) is 1.43. The van der Waals surface area contributed by atoms with Crippen molar-refractivity contribution >= 4 is 11.6 Å². The van der Waals surface area contributed by atoms with E-state index in [2.05, 4.69) is 5.32 Å². The van der Waals surface area contributed by atoms with Gasteiger partial charge in [0.05, 0.1) is 6.61 Å². The summed E-state index contributed by atoms with van der Waals surface area (Å²) in [6, 6.07) is 0. The minimum absolute atomic E-state index is 0.702. The fourth-order valence-corrected chi connectivity index (χ4v) is 1.25. The number of ether oxygens (including phenoxy) is 1. The molecule has 1 N–H and O–H groups in total. The van der Waals surface area contributed by atoms with Gasteiger partial charge in [0.15, 0.2) is 0 Å². The highest BCUT2D eigenvalue weighted by molar-refractivity contribution is 6.18. The minimum Gasteiger partial charge on any atom is -0.381 e. The van der Waals surface area contributed by atoms with Gasteiger partial charge in [0.25, 0.3) is 0 Å². The van der Waals surface area contributed by atoms with E-state index < -0.39 is 0 Å². The topological polar surface area (TPSA) is 21.3 Å². The molecule has 0 radical (unpaired) electrons. The van der Waals surface area contributed by atoms with Crippen molar-refractivity contribution < 1.29 is 4.74 Å². The molecule has 1 aliphatic rings. The zero-order valence-corrected chi connectivity index (χ0v) is 6.86. The van der Waals surface area contributed by atoms with Gasteiger partial charge in [0.1, 0.15) is 0 Å². The maximum Gasteiger partial charge on any atom is 0.0507 e. The first-order chi connectivity index (χ1) is 4.93. The Labute approximate surface area is 66.9 Å². The van der Waals surface area contributed by atoms with Crippen molar-refractivity contribution in [3.05, 3.63) is 0 Å². The van der Waals surface area contributed by atoms with Gasteiger partial charge in [-0.15, -0.1) is 11.6 Å². The minimum atomic E-state index is 0.702. The third kappa shape index (κ3) is 2.86. The Kier molecular flexibility index (Phi) is 4.10. The molecule has 0 saturated carbocycles. The molecular weight excluding hydrogens is 150 g/mol. The number of nitrogens with one attached hydrogen (secondary N) is 1. The van der Waals surface area contributed by atoms with Crippen LogP contribution in [0.15, 0.2) is 0 Å². The molecule has 1 heterocycles. The molecule has 0 spiro atoms. The summed E-state index contributed by atoms with van der Waals surface area (Å²) in [6.45, 7) is 3.84. The molecule has 0 aromatic heterocycles. The molecule has 1 fully saturated rings. The number of hydrogen-bond acceptors (Lipinski definition) is 2. The zero-order valence-electron chi connectivity index (χ0n) is 6.11. The molecule has 0 aromatic carbocycles. The Hall–Kier alpha value is 0.210. The Morgan fingerprint density at radius 2 is 2.50 bits per heavy atom. The van der Waals surface area contributed by atoms with Crippen LogP contribution >= 0.6 is 11.6 Å². The molecule has 1 atom stereocenters. The maximum atomic E-state index is 5.49. The van der Waals surface area contributed by atoms with E-state index in [4.69, 9.17) is 16.3 Å². The van der Waals surface area contributed by atoms with Crippen molar-refractivity contribution in [2.45, 2.75) is 6.42 Å². The second-order valence-electron chi connectivity index (χ2n) is 2.62. The van der Waals surface area contributed by atoms with E-state index in [0.717, 1.165) is 32.2 Å². The van der Waals surface area contributed by atoms with Gasteiger partial charge in [-0.2, -0.15) is 0 Å². The van der Waals surface area contributed by atoms with Crippen LogP contribution in [0.4, 0.5) is 0 Å². The largest absolute Gasteiger partial charge is 0.381 e. The number of alkyl halides is 1. The average Bonchev–Trinajstić information content (AvgIpc) is 2.41. The van der Waals surface area contributed by atoms with E-state index in [1.807, 2.05) is 0 Å². The lowest BCUT2D eigenvalue weighted by atomic mass is 10.1. The van der Waals surface area contributed by atoms with Crippen LogP contribution < -0.4 is 5.32 Å². The number of rotatable bonds is 4. The van der Waals surface area contributed by atoms with Gasteiger partial charge in [0, 0.05) is 25.6 Å². The molecule has 0 bridgehead atoms. The van der Waals surface area contributed by atoms with E-state index in [1.165, 1.54) is 6.42 Å². The quantitative estimate of drug-likeness (QED) is 0.490. The molecule has 1 aliphatic heterocycles. The Morgan fingerprint density at radius 3 is 3.10 bits per heavy atom. The predicted molar refractivity (Wildman–Crippen MR) is 42.5 cm³/mol. The van der Waals surface area contributed by atoms with Crippen LogP contribution in [0.5, 0.6) is 0 Å². The van der Waals surface area contributed by atoms with Gasteiger partial charge in [0.2, 0.25) is 0 Å². The second kappa shape index (κ2) is 4.94. The second-order valence-corrected chi connectivity index (χ2v) is 3.00. The highest BCUT2D eigenvalue weighted by Gasteiger charge is 2.13. The third-order valence-corrected chi connectivity index (χ3v) is 1.92. The molecule has 60 valence electrons. The molecule has 1 unspecified atom stereocenters. The Bertz CT molecular complexity index is 83.7. The van der Waals surface area contributed by atoms with Gasteiger partial charge in [-0.3, -0.25) is 0 Å². The fraction of sp³-hybridized carbons (Fsp3) is 1.00. The molecular formula is C7H14ClNO. The van der Waals surface area contributed by atoms with E-state index in [-0.39, 0.29) is 0 Å². The van der Waals surface area contributed by atoms with Crippen LogP contribution in [0.3, 0.4) is 0 Å². The lowest BCUT2D eigenvalue weighted by Gasteiger charge is -2.06. The molecule has 1 saturated heterocycles. The molecule has 1 rings (SSSR count). The van der Waals surface area contributed by atoms with E-state index in [9.17, 15) is 0 Å². The predicted octanol–water partition coefficient (Wildman–Crippen LogP) is 0.851. The Balaban J connectivity index is 1.91. The van der Waals surface area contributed by atoms with Crippen LogP contribution in [0, 0.1) is 5.92 Å². The molecule has 0 amide bonds. The third-order valence-electron chi connectivity index (χ3n) is 1.73. The monoisotopic (exact) mass is 163 g/mol. The summed E-state index contributed by atoms with van der Waals surface area (Å²) in [5.41, 5.74) is 0. The summed E-state index contributed by atoms with van der Waals surface area (Å²) in [6.07, 6.45) is 1.20. The SMILES string of the molecule is ClCCNCC1CCOC1. The maximum absolute atomic E-state index is 5.49. The lowest BCUT2D eigenvalue weighted by Crippen LogP contribution is -2.24. The smallest absolute Gasteiger partial charge is 0.0507 e. The van der Waals surface area contributed by atoms with Crippen LogP contribution in [-0.2, 0) is 4.74 Å². The van der Waals surface area contributed by atoms with Crippen molar-refractivity contribution in [1.82, 2.24) is 5.32 Å². The fourth-order valence-electron chi connectivity index (χ4n) is 1.12. The average molecular weight is 164 g/mol. The summed E-state index contributed by atoms with van der Waals surface area (Å²) >= 11 is 5.49. The molecule has 0 aliphatic carbocycles. The molecule has 2 nitrogen and oxygen atoms in total. The first-order valence-electron chi connectivity index (χ1n) is 3.78. The summed E-state index contributed by atoms with van der Waals surface area (Å²) < 4.78 is 5.21. The van der Waals surface area contributed by atoms with Crippen LogP contribution in [0.2, 0.25) is 0 Å². The van der Waals surface area contributed by atoms with Gasteiger partial charge in [-0.25, -0.2) is 0 Å². The molecule has 10 heavy (non-hydrogen) atoms. The normalized spacial score (nSPS) is 25.5.